The van der Waals surface area contributed by atoms with Gasteiger partial charge in [0, 0.05) is 18.0 Å². The Kier molecular flexibility index (Phi) is 2.59. The van der Waals surface area contributed by atoms with Crippen LogP contribution in [0.2, 0.25) is 0 Å². The minimum atomic E-state index is -0.886. The highest BCUT2D eigenvalue weighted by atomic mass is 79.9. The predicted molar refractivity (Wildman–Crippen MR) is 57.4 cm³/mol. The largest absolute Gasteiger partial charge is 0.481 e. The second kappa shape index (κ2) is 3.90. The molecule has 2 aromatic heterocycles. The minimum Gasteiger partial charge on any atom is -0.481 e. The van der Waals surface area contributed by atoms with Gasteiger partial charge in [0.15, 0.2) is 4.73 Å². The summed E-state index contributed by atoms with van der Waals surface area (Å²) < 4.78 is 0.537. The predicted octanol–water partition coefficient (Wildman–Crippen LogP) is 1.79. The first kappa shape index (κ1) is 9.97. The van der Waals surface area contributed by atoms with Crippen molar-refractivity contribution in [1.29, 1.82) is 0 Å². The van der Waals surface area contributed by atoms with Gasteiger partial charge < -0.3 is 15.1 Å². The molecule has 0 spiro atoms. The molecule has 2 heterocycles. The van der Waals surface area contributed by atoms with Crippen LogP contribution in [0.4, 0.5) is 0 Å². The van der Waals surface area contributed by atoms with Crippen LogP contribution in [-0.4, -0.2) is 26.0 Å². The Morgan fingerprint density at radius 1 is 1.60 bits per heavy atom. The number of imidazole rings is 1. The molecule has 0 saturated heterocycles. The molecule has 0 amide bonds. The normalized spacial score (nSPS) is 10.5. The fourth-order valence-electron chi connectivity index (χ4n) is 1.37. The summed E-state index contributed by atoms with van der Waals surface area (Å²) in [5.41, 5.74) is 2.12. The van der Waals surface area contributed by atoms with Crippen molar-refractivity contribution in [3.05, 3.63) is 28.9 Å². The monoisotopic (exact) mass is 269 g/mol. The van der Waals surface area contributed by atoms with Gasteiger partial charge in [0.05, 0.1) is 17.8 Å². The number of aromatic nitrogens is 3. The van der Waals surface area contributed by atoms with E-state index in [2.05, 4.69) is 30.9 Å². The van der Waals surface area contributed by atoms with Crippen molar-refractivity contribution in [3.8, 4) is 11.3 Å². The van der Waals surface area contributed by atoms with E-state index in [1.807, 2.05) is 6.07 Å². The lowest BCUT2D eigenvalue weighted by Gasteiger charge is -1.95. The standard InChI is InChI=1S/C9H8BrN3O2/c10-9-12-6(3-7(14)15)8(13-9)5-1-2-11-4-5/h1-2,4,11H,3H2,(H,12,13)(H,14,15). The van der Waals surface area contributed by atoms with Gasteiger partial charge in [0.25, 0.3) is 0 Å². The summed E-state index contributed by atoms with van der Waals surface area (Å²) >= 11 is 3.19. The number of carboxylic acids is 1. The molecule has 0 aliphatic carbocycles. The quantitative estimate of drug-likeness (QED) is 0.795. The van der Waals surface area contributed by atoms with Gasteiger partial charge in [-0.3, -0.25) is 4.79 Å². The van der Waals surface area contributed by atoms with Gasteiger partial charge in [-0.15, -0.1) is 0 Å². The van der Waals surface area contributed by atoms with Crippen molar-refractivity contribution in [2.24, 2.45) is 0 Å². The number of carbonyl (C=O) groups is 1. The molecule has 0 bridgehead atoms. The molecular formula is C9H8BrN3O2. The van der Waals surface area contributed by atoms with Gasteiger partial charge in [0.2, 0.25) is 0 Å². The van der Waals surface area contributed by atoms with E-state index in [0.29, 0.717) is 16.1 Å². The molecule has 5 nitrogen and oxygen atoms in total. The van der Waals surface area contributed by atoms with E-state index >= 15 is 0 Å². The molecule has 0 atom stereocenters. The van der Waals surface area contributed by atoms with Gasteiger partial charge in [0.1, 0.15) is 0 Å². The highest BCUT2D eigenvalue weighted by Gasteiger charge is 2.13. The zero-order valence-electron chi connectivity index (χ0n) is 7.62. The average molecular weight is 270 g/mol. The van der Waals surface area contributed by atoms with Crippen molar-refractivity contribution in [2.75, 3.05) is 0 Å². The first-order valence-corrected chi connectivity index (χ1v) is 5.05. The Balaban J connectivity index is 2.42. The first-order chi connectivity index (χ1) is 7.16. The maximum absolute atomic E-state index is 10.6. The van der Waals surface area contributed by atoms with Crippen molar-refractivity contribution in [1.82, 2.24) is 15.0 Å². The zero-order chi connectivity index (χ0) is 10.8. The Labute approximate surface area is 93.7 Å². The number of aromatic amines is 2. The van der Waals surface area contributed by atoms with Crippen molar-refractivity contribution in [3.63, 3.8) is 0 Å². The summed E-state index contributed by atoms with van der Waals surface area (Å²) in [5, 5.41) is 8.73. The molecule has 2 aromatic rings. The van der Waals surface area contributed by atoms with Crippen LogP contribution in [0.25, 0.3) is 11.3 Å². The summed E-state index contributed by atoms with van der Waals surface area (Å²) in [6.07, 6.45) is 3.47. The Bertz CT molecular complexity index is 476. The van der Waals surface area contributed by atoms with E-state index in [0.717, 1.165) is 5.56 Å². The number of nitrogens with zero attached hydrogens (tertiary/aromatic N) is 1. The number of halogens is 1. The minimum absolute atomic E-state index is 0.0703. The van der Waals surface area contributed by atoms with Crippen LogP contribution >= 0.6 is 15.9 Å². The van der Waals surface area contributed by atoms with E-state index in [4.69, 9.17) is 5.11 Å². The number of rotatable bonds is 3. The lowest BCUT2D eigenvalue weighted by Crippen LogP contribution is -2.01. The molecule has 2 rings (SSSR count). The number of H-pyrrole nitrogens is 2. The number of hydrogen-bond donors (Lipinski definition) is 3. The van der Waals surface area contributed by atoms with Crippen molar-refractivity contribution in [2.45, 2.75) is 6.42 Å². The van der Waals surface area contributed by atoms with Crippen LogP contribution in [-0.2, 0) is 11.2 Å². The van der Waals surface area contributed by atoms with E-state index in [-0.39, 0.29) is 6.42 Å². The van der Waals surface area contributed by atoms with E-state index < -0.39 is 5.97 Å². The summed E-state index contributed by atoms with van der Waals surface area (Å²) in [4.78, 5) is 20.6. The molecule has 3 N–H and O–H groups in total. The highest BCUT2D eigenvalue weighted by Crippen LogP contribution is 2.23. The van der Waals surface area contributed by atoms with Crippen LogP contribution in [0, 0.1) is 0 Å². The fraction of sp³-hybridized carbons (Fsp3) is 0.111. The smallest absolute Gasteiger partial charge is 0.309 e. The molecule has 0 unspecified atom stereocenters. The molecule has 0 fully saturated rings. The molecule has 0 aromatic carbocycles. The average Bonchev–Trinajstić information content (AvgIpc) is 2.72. The summed E-state index contributed by atoms with van der Waals surface area (Å²) in [6, 6.07) is 1.84. The summed E-state index contributed by atoms with van der Waals surface area (Å²) in [7, 11) is 0. The number of carboxylic acid groups (broad SMARTS) is 1. The van der Waals surface area contributed by atoms with Crippen LogP contribution < -0.4 is 0 Å². The Hall–Kier alpha value is -1.56. The van der Waals surface area contributed by atoms with Gasteiger partial charge >= 0.3 is 5.97 Å². The second-order valence-electron chi connectivity index (χ2n) is 3.02. The first-order valence-electron chi connectivity index (χ1n) is 4.26. The van der Waals surface area contributed by atoms with E-state index in [9.17, 15) is 4.79 Å². The molecule has 0 radical (unpaired) electrons. The highest BCUT2D eigenvalue weighted by molar-refractivity contribution is 9.10. The second-order valence-corrected chi connectivity index (χ2v) is 3.78. The summed E-state index contributed by atoms with van der Waals surface area (Å²) in [6.45, 7) is 0. The van der Waals surface area contributed by atoms with Crippen molar-refractivity contribution >= 4 is 21.9 Å². The van der Waals surface area contributed by atoms with Crippen LogP contribution in [0.5, 0.6) is 0 Å². The third kappa shape index (κ3) is 2.10. The van der Waals surface area contributed by atoms with Gasteiger partial charge in [-0.2, -0.15) is 0 Å². The Morgan fingerprint density at radius 2 is 2.40 bits per heavy atom. The SMILES string of the molecule is O=C(O)Cc1[nH]c(Br)nc1-c1cc[nH]c1. The van der Waals surface area contributed by atoms with Crippen LogP contribution in [0.3, 0.4) is 0 Å². The number of hydrogen-bond acceptors (Lipinski definition) is 2. The van der Waals surface area contributed by atoms with Gasteiger partial charge in [-0.05, 0) is 22.0 Å². The molecule has 0 saturated carbocycles. The van der Waals surface area contributed by atoms with Crippen LogP contribution in [0.15, 0.2) is 23.2 Å². The van der Waals surface area contributed by atoms with E-state index in [1.165, 1.54) is 0 Å². The lowest BCUT2D eigenvalue weighted by atomic mass is 10.1. The van der Waals surface area contributed by atoms with E-state index in [1.54, 1.807) is 12.4 Å². The summed E-state index contributed by atoms with van der Waals surface area (Å²) in [5.74, 6) is -0.886. The molecule has 0 aliphatic heterocycles. The molecule has 6 heteroatoms. The molecule has 78 valence electrons. The number of nitrogens with one attached hydrogen (secondary N) is 2. The van der Waals surface area contributed by atoms with Gasteiger partial charge in [-0.25, -0.2) is 4.98 Å². The van der Waals surface area contributed by atoms with Gasteiger partial charge in [-0.1, -0.05) is 0 Å². The number of aliphatic carboxylic acids is 1. The van der Waals surface area contributed by atoms with Crippen LogP contribution in [0.1, 0.15) is 5.69 Å². The maximum Gasteiger partial charge on any atom is 0.309 e. The maximum atomic E-state index is 10.6. The third-order valence-electron chi connectivity index (χ3n) is 1.95. The molecular weight excluding hydrogens is 262 g/mol. The topological polar surface area (TPSA) is 81.8 Å². The molecule has 0 aliphatic rings. The van der Waals surface area contributed by atoms with Crippen molar-refractivity contribution < 1.29 is 9.90 Å². The fourth-order valence-corrected chi connectivity index (χ4v) is 1.78. The third-order valence-corrected chi connectivity index (χ3v) is 2.32. The lowest BCUT2D eigenvalue weighted by molar-refractivity contribution is -0.136. The molecule has 15 heavy (non-hydrogen) atoms. The zero-order valence-corrected chi connectivity index (χ0v) is 9.21. The Morgan fingerprint density at radius 3 is 3.00 bits per heavy atom.